The lowest BCUT2D eigenvalue weighted by molar-refractivity contribution is -0.139. The van der Waals surface area contributed by atoms with Gasteiger partial charge in [0, 0.05) is 33.7 Å². The molecule has 32 heavy (non-hydrogen) atoms. The van der Waals surface area contributed by atoms with Gasteiger partial charge >= 0.3 is 12.3 Å². The first-order chi connectivity index (χ1) is 14.5. The summed E-state index contributed by atoms with van der Waals surface area (Å²) in [6.45, 7) is 10.8. The lowest BCUT2D eigenvalue weighted by Crippen LogP contribution is -2.40. The van der Waals surface area contributed by atoms with Crippen molar-refractivity contribution in [1.82, 2.24) is 9.78 Å². The van der Waals surface area contributed by atoms with Crippen molar-refractivity contribution in [2.75, 3.05) is 18.1 Å². The van der Waals surface area contributed by atoms with Crippen molar-refractivity contribution in [3.63, 3.8) is 0 Å². The quantitative estimate of drug-likeness (QED) is 0.282. The monoisotopic (exact) mass is 479 g/mol. The van der Waals surface area contributed by atoms with E-state index >= 15 is 0 Å². The molecule has 0 aromatic carbocycles. The molecule has 1 aromatic heterocycles. The number of amides is 1. The van der Waals surface area contributed by atoms with E-state index in [4.69, 9.17) is 9.47 Å². The van der Waals surface area contributed by atoms with Crippen LogP contribution in [0, 0.1) is 0 Å². The molecule has 1 heterocycles. The van der Waals surface area contributed by atoms with E-state index in [-0.39, 0.29) is 26.0 Å². The Morgan fingerprint density at radius 1 is 1.25 bits per heavy atom. The van der Waals surface area contributed by atoms with Gasteiger partial charge < -0.3 is 14.3 Å². The number of hydrogen-bond acceptors (Lipinski definition) is 6. The van der Waals surface area contributed by atoms with E-state index in [2.05, 4.69) is 24.7 Å². The maximum atomic E-state index is 13.5. The molecule has 0 spiro atoms. The van der Waals surface area contributed by atoms with Crippen LogP contribution in [-0.2, 0) is 27.2 Å². The number of ether oxygens (including phenoxy) is 2. The lowest BCUT2D eigenvalue weighted by atomic mass is 10.2. The van der Waals surface area contributed by atoms with Gasteiger partial charge in [0.25, 0.3) is 5.56 Å². The van der Waals surface area contributed by atoms with Gasteiger partial charge in [-0.25, -0.2) is 9.48 Å². The van der Waals surface area contributed by atoms with Crippen LogP contribution in [0.4, 0.5) is 23.8 Å². The van der Waals surface area contributed by atoms with Gasteiger partial charge in [-0.15, -0.1) is 5.10 Å². The zero-order chi connectivity index (χ0) is 24.7. The third-order valence-electron chi connectivity index (χ3n) is 4.07. The normalized spacial score (nSPS) is 12.5. The standard InChI is InChI=1S/C20H32F3N3O5Si/c1-19(2,3)31-18(29)25(9-7-8-10-27)16-13-15(20(21,22)23)17(28)26(24-16)14-30-11-12-32(4,5)6/h10,13H,7-9,11-12,14H2,1-6H3. The zero-order valence-corrected chi connectivity index (χ0v) is 20.4. The Kier molecular flexibility index (Phi) is 9.63. The predicted molar refractivity (Wildman–Crippen MR) is 116 cm³/mol. The second-order valence-corrected chi connectivity index (χ2v) is 15.1. The van der Waals surface area contributed by atoms with E-state index in [1.54, 1.807) is 20.8 Å². The summed E-state index contributed by atoms with van der Waals surface area (Å²) < 4.78 is 51.9. The van der Waals surface area contributed by atoms with Crippen LogP contribution in [0.2, 0.25) is 25.7 Å². The van der Waals surface area contributed by atoms with Gasteiger partial charge in [-0.3, -0.25) is 9.69 Å². The first kappa shape index (κ1) is 27.8. The van der Waals surface area contributed by atoms with E-state index in [1.165, 1.54) is 0 Å². The van der Waals surface area contributed by atoms with E-state index in [0.717, 1.165) is 10.9 Å². The molecule has 0 bridgehead atoms. The number of carbonyl (C=O) groups excluding carboxylic acids is 2. The molecule has 0 N–H and O–H groups in total. The Morgan fingerprint density at radius 3 is 2.38 bits per heavy atom. The van der Waals surface area contributed by atoms with E-state index in [0.29, 0.717) is 17.0 Å². The summed E-state index contributed by atoms with van der Waals surface area (Å²) in [5, 5.41) is 3.94. The number of nitrogens with zero attached hydrogens (tertiary/aromatic N) is 3. The third kappa shape index (κ3) is 9.51. The van der Waals surface area contributed by atoms with E-state index in [9.17, 15) is 27.6 Å². The molecule has 0 saturated heterocycles. The van der Waals surface area contributed by atoms with Gasteiger partial charge in [-0.2, -0.15) is 13.2 Å². The Labute approximate surface area is 186 Å². The highest BCUT2D eigenvalue weighted by Gasteiger charge is 2.37. The largest absolute Gasteiger partial charge is 0.443 e. The molecule has 1 amide bonds. The summed E-state index contributed by atoms with van der Waals surface area (Å²) >= 11 is 0. The minimum Gasteiger partial charge on any atom is -0.443 e. The number of hydrogen-bond donors (Lipinski definition) is 0. The fourth-order valence-electron chi connectivity index (χ4n) is 2.43. The number of aromatic nitrogens is 2. The summed E-state index contributed by atoms with van der Waals surface area (Å²) in [6, 6.07) is 1.27. The number of aldehydes is 1. The van der Waals surface area contributed by atoms with Gasteiger partial charge in [0.05, 0.1) is 0 Å². The first-order valence-corrected chi connectivity index (χ1v) is 14.0. The van der Waals surface area contributed by atoms with Crippen molar-refractivity contribution in [2.24, 2.45) is 0 Å². The highest BCUT2D eigenvalue weighted by Crippen LogP contribution is 2.29. The van der Waals surface area contributed by atoms with Crippen molar-refractivity contribution < 1.29 is 32.2 Å². The van der Waals surface area contributed by atoms with Crippen LogP contribution < -0.4 is 10.5 Å². The van der Waals surface area contributed by atoms with Crippen molar-refractivity contribution in [3.8, 4) is 0 Å². The molecular formula is C20H32F3N3O5Si. The minimum atomic E-state index is -4.96. The second kappa shape index (κ2) is 11.1. The van der Waals surface area contributed by atoms with Crippen LogP contribution >= 0.6 is 0 Å². The molecule has 0 aliphatic rings. The summed E-state index contributed by atoms with van der Waals surface area (Å²) in [5.41, 5.74) is -3.76. The second-order valence-electron chi connectivity index (χ2n) is 9.51. The Bertz CT molecular complexity index is 845. The number of unbranched alkanes of at least 4 members (excludes halogenated alkanes) is 1. The van der Waals surface area contributed by atoms with Gasteiger partial charge in [0.2, 0.25) is 0 Å². The molecule has 0 saturated carbocycles. The van der Waals surface area contributed by atoms with Crippen molar-refractivity contribution in [2.45, 2.75) is 77.8 Å². The number of halogens is 3. The minimum absolute atomic E-state index is 0.0882. The lowest BCUT2D eigenvalue weighted by Gasteiger charge is -2.27. The Balaban J connectivity index is 3.36. The average Bonchev–Trinajstić information content (AvgIpc) is 2.60. The van der Waals surface area contributed by atoms with Gasteiger partial charge in [0.1, 0.15) is 24.2 Å². The predicted octanol–water partition coefficient (Wildman–Crippen LogP) is 4.30. The van der Waals surface area contributed by atoms with E-state index < -0.39 is 49.6 Å². The number of carbonyl (C=O) groups is 2. The Hall–Kier alpha value is -2.21. The summed E-state index contributed by atoms with van der Waals surface area (Å²) in [7, 11) is -1.45. The smallest absolute Gasteiger partial charge is 0.421 e. The molecule has 12 heteroatoms. The molecule has 0 atom stereocenters. The van der Waals surface area contributed by atoms with Crippen LogP contribution in [0.1, 0.15) is 39.2 Å². The maximum absolute atomic E-state index is 13.5. The van der Waals surface area contributed by atoms with Crippen LogP contribution in [0.5, 0.6) is 0 Å². The maximum Gasteiger partial charge on any atom is 0.421 e. The molecule has 0 fully saturated rings. The number of alkyl halides is 3. The molecule has 0 aliphatic heterocycles. The SMILES string of the molecule is CC(C)(C)OC(=O)N(CCCC=O)c1cc(C(F)(F)F)c(=O)n(COCC[Si](C)(C)C)n1. The van der Waals surface area contributed by atoms with Crippen molar-refractivity contribution in [3.05, 3.63) is 22.0 Å². The highest BCUT2D eigenvalue weighted by molar-refractivity contribution is 6.76. The van der Waals surface area contributed by atoms with Crippen molar-refractivity contribution >= 4 is 26.3 Å². The van der Waals surface area contributed by atoms with Crippen LogP contribution in [-0.4, -0.2) is 49.0 Å². The summed E-state index contributed by atoms with van der Waals surface area (Å²) in [4.78, 5) is 36.6. The molecule has 0 radical (unpaired) electrons. The topological polar surface area (TPSA) is 90.7 Å². The molecular weight excluding hydrogens is 447 g/mol. The van der Waals surface area contributed by atoms with E-state index in [1.807, 2.05) is 0 Å². The Morgan fingerprint density at radius 2 is 1.88 bits per heavy atom. The van der Waals surface area contributed by atoms with Gasteiger partial charge in [-0.05, 0) is 33.2 Å². The van der Waals surface area contributed by atoms with Crippen LogP contribution in [0.3, 0.4) is 0 Å². The van der Waals surface area contributed by atoms with Crippen LogP contribution in [0.25, 0.3) is 0 Å². The number of rotatable bonds is 10. The molecule has 0 aliphatic carbocycles. The summed E-state index contributed by atoms with van der Waals surface area (Å²) in [5.74, 6) is -0.411. The molecule has 182 valence electrons. The first-order valence-electron chi connectivity index (χ1n) is 10.3. The van der Waals surface area contributed by atoms with Gasteiger partial charge in [0.15, 0.2) is 5.82 Å². The molecule has 0 unspecified atom stereocenters. The highest BCUT2D eigenvalue weighted by atomic mass is 28.3. The molecule has 8 nitrogen and oxygen atoms in total. The van der Waals surface area contributed by atoms with Gasteiger partial charge in [-0.1, -0.05) is 19.6 Å². The summed E-state index contributed by atoms with van der Waals surface area (Å²) in [6.07, 6.45) is -5.00. The molecule has 1 aromatic rings. The van der Waals surface area contributed by atoms with Crippen molar-refractivity contribution in [1.29, 1.82) is 0 Å². The zero-order valence-electron chi connectivity index (χ0n) is 19.4. The average molecular weight is 480 g/mol. The number of anilines is 1. The molecule has 1 rings (SSSR count). The third-order valence-corrected chi connectivity index (χ3v) is 5.78. The fraction of sp³-hybridized carbons (Fsp3) is 0.700. The van der Waals surface area contributed by atoms with Crippen LogP contribution in [0.15, 0.2) is 10.9 Å². The fourth-order valence-corrected chi connectivity index (χ4v) is 3.19.